The summed E-state index contributed by atoms with van der Waals surface area (Å²) in [6.45, 7) is 0. The molecule has 0 aliphatic rings. The molecule has 0 aliphatic carbocycles. The van der Waals surface area contributed by atoms with Gasteiger partial charge >= 0.3 is 6.03 Å². The molecule has 6 heteroatoms. The van der Waals surface area contributed by atoms with Gasteiger partial charge in [0.15, 0.2) is 0 Å². The zero-order chi connectivity index (χ0) is 12.1. The van der Waals surface area contributed by atoms with Gasteiger partial charge in [0.05, 0.1) is 18.1 Å². The van der Waals surface area contributed by atoms with E-state index in [0.717, 1.165) is 0 Å². The monoisotopic (exact) mass is 248 g/mol. The van der Waals surface area contributed by atoms with Crippen molar-refractivity contribution in [3.63, 3.8) is 0 Å². The highest BCUT2D eigenvalue weighted by Gasteiger charge is 2.02. The average Bonchev–Trinajstić information content (AvgIpc) is 2.33. The van der Waals surface area contributed by atoms with E-state index in [9.17, 15) is 4.79 Å². The molecular weight excluding hydrogens is 240 g/mol. The molecule has 5 nitrogen and oxygen atoms in total. The number of halogens is 1. The summed E-state index contributed by atoms with van der Waals surface area (Å²) in [4.78, 5) is 19.1. The van der Waals surface area contributed by atoms with Gasteiger partial charge in [-0.25, -0.2) is 14.8 Å². The average molecular weight is 249 g/mol. The van der Waals surface area contributed by atoms with Gasteiger partial charge < -0.3 is 10.6 Å². The molecule has 1 aromatic heterocycles. The standard InChI is InChI=1S/C11H9ClN4O/c12-8-1-3-9(4-2-8)15-11(17)16-10-5-13-7-14-6-10/h1-7H,(H2,15,16,17). The molecule has 0 spiro atoms. The lowest BCUT2D eigenvalue weighted by atomic mass is 10.3. The number of amides is 2. The number of anilines is 2. The van der Waals surface area contributed by atoms with Crippen molar-refractivity contribution in [2.45, 2.75) is 0 Å². The molecular formula is C11H9ClN4O. The highest BCUT2D eigenvalue weighted by molar-refractivity contribution is 6.30. The van der Waals surface area contributed by atoms with Crippen LogP contribution in [0.15, 0.2) is 43.0 Å². The van der Waals surface area contributed by atoms with Gasteiger partial charge in [-0.05, 0) is 24.3 Å². The van der Waals surface area contributed by atoms with E-state index in [-0.39, 0.29) is 6.03 Å². The molecule has 2 amide bonds. The molecule has 0 radical (unpaired) electrons. The minimum atomic E-state index is -0.359. The number of benzene rings is 1. The van der Waals surface area contributed by atoms with Crippen LogP contribution in [0.1, 0.15) is 0 Å². The Balaban J connectivity index is 1.96. The van der Waals surface area contributed by atoms with E-state index >= 15 is 0 Å². The van der Waals surface area contributed by atoms with E-state index < -0.39 is 0 Å². The molecule has 17 heavy (non-hydrogen) atoms. The minimum Gasteiger partial charge on any atom is -0.308 e. The molecule has 0 saturated heterocycles. The second-order valence-electron chi connectivity index (χ2n) is 3.21. The van der Waals surface area contributed by atoms with Crippen molar-refractivity contribution < 1.29 is 4.79 Å². The molecule has 1 aromatic carbocycles. The fraction of sp³-hybridized carbons (Fsp3) is 0. The first-order chi connectivity index (χ1) is 8.24. The van der Waals surface area contributed by atoms with Crippen LogP contribution in [-0.2, 0) is 0 Å². The normalized spacial score (nSPS) is 9.71. The molecule has 0 unspecified atom stereocenters. The Morgan fingerprint density at radius 1 is 1.00 bits per heavy atom. The van der Waals surface area contributed by atoms with E-state index in [2.05, 4.69) is 20.6 Å². The number of aromatic nitrogens is 2. The topological polar surface area (TPSA) is 66.9 Å². The first kappa shape index (κ1) is 11.3. The summed E-state index contributed by atoms with van der Waals surface area (Å²) in [5.74, 6) is 0. The van der Waals surface area contributed by atoms with E-state index in [1.165, 1.54) is 18.7 Å². The number of carbonyl (C=O) groups excluding carboxylic acids is 1. The van der Waals surface area contributed by atoms with Crippen LogP contribution in [0.2, 0.25) is 5.02 Å². The number of hydrogen-bond donors (Lipinski definition) is 2. The van der Waals surface area contributed by atoms with Gasteiger partial charge in [-0.15, -0.1) is 0 Å². The van der Waals surface area contributed by atoms with E-state index in [1.807, 2.05) is 0 Å². The third-order valence-corrected chi connectivity index (χ3v) is 2.17. The highest BCUT2D eigenvalue weighted by atomic mass is 35.5. The molecule has 0 fully saturated rings. The maximum atomic E-state index is 11.6. The van der Waals surface area contributed by atoms with E-state index in [0.29, 0.717) is 16.4 Å². The molecule has 0 atom stereocenters. The quantitative estimate of drug-likeness (QED) is 0.859. The minimum absolute atomic E-state index is 0.359. The Hall–Kier alpha value is -2.14. The number of carbonyl (C=O) groups is 1. The second-order valence-corrected chi connectivity index (χ2v) is 3.65. The lowest BCUT2D eigenvalue weighted by Crippen LogP contribution is -2.19. The molecule has 86 valence electrons. The molecule has 0 saturated carbocycles. The number of urea groups is 1. The smallest absolute Gasteiger partial charge is 0.308 e. The Morgan fingerprint density at radius 3 is 2.24 bits per heavy atom. The van der Waals surface area contributed by atoms with Crippen molar-refractivity contribution in [2.24, 2.45) is 0 Å². The SMILES string of the molecule is O=C(Nc1ccc(Cl)cc1)Nc1cncnc1. The maximum Gasteiger partial charge on any atom is 0.323 e. The predicted octanol–water partition coefficient (Wildman–Crippen LogP) is 2.77. The molecule has 2 aromatic rings. The highest BCUT2D eigenvalue weighted by Crippen LogP contribution is 2.13. The summed E-state index contributed by atoms with van der Waals surface area (Å²) in [5, 5.41) is 5.87. The zero-order valence-electron chi connectivity index (χ0n) is 8.72. The Morgan fingerprint density at radius 2 is 1.59 bits per heavy atom. The molecule has 2 N–H and O–H groups in total. The zero-order valence-corrected chi connectivity index (χ0v) is 9.48. The van der Waals surface area contributed by atoms with Crippen LogP contribution < -0.4 is 10.6 Å². The maximum absolute atomic E-state index is 11.6. The summed E-state index contributed by atoms with van der Waals surface area (Å²) in [7, 11) is 0. The van der Waals surface area contributed by atoms with Crippen molar-refractivity contribution in [1.29, 1.82) is 0 Å². The number of hydrogen-bond acceptors (Lipinski definition) is 3. The first-order valence-corrected chi connectivity index (χ1v) is 5.20. The van der Waals surface area contributed by atoms with Crippen molar-refractivity contribution in [1.82, 2.24) is 9.97 Å². The molecule has 2 rings (SSSR count). The molecule has 1 heterocycles. The summed E-state index contributed by atoms with van der Waals surface area (Å²) in [6.07, 6.45) is 4.41. The van der Waals surface area contributed by atoms with Crippen LogP contribution >= 0.6 is 11.6 Å². The Kier molecular flexibility index (Phi) is 3.52. The lowest BCUT2D eigenvalue weighted by molar-refractivity contribution is 0.262. The Labute approximate surface area is 103 Å². The van der Waals surface area contributed by atoms with Gasteiger partial charge in [-0.1, -0.05) is 11.6 Å². The van der Waals surface area contributed by atoms with Crippen molar-refractivity contribution >= 4 is 29.0 Å². The molecule has 0 bridgehead atoms. The second kappa shape index (κ2) is 5.27. The number of nitrogens with zero attached hydrogens (tertiary/aromatic N) is 2. The van der Waals surface area contributed by atoms with Crippen LogP contribution in [0.25, 0.3) is 0 Å². The largest absolute Gasteiger partial charge is 0.323 e. The first-order valence-electron chi connectivity index (χ1n) is 4.82. The number of nitrogens with one attached hydrogen (secondary N) is 2. The fourth-order valence-corrected chi connectivity index (χ4v) is 1.32. The summed E-state index contributed by atoms with van der Waals surface area (Å²) < 4.78 is 0. The van der Waals surface area contributed by atoms with Crippen LogP contribution in [0.4, 0.5) is 16.2 Å². The van der Waals surface area contributed by atoms with Gasteiger partial charge in [0.2, 0.25) is 0 Å². The van der Waals surface area contributed by atoms with Crippen LogP contribution in [0.5, 0.6) is 0 Å². The lowest BCUT2D eigenvalue weighted by Gasteiger charge is -2.06. The van der Waals surface area contributed by atoms with Crippen molar-refractivity contribution in [2.75, 3.05) is 10.6 Å². The van der Waals surface area contributed by atoms with Gasteiger partial charge in [-0.2, -0.15) is 0 Å². The van der Waals surface area contributed by atoms with Gasteiger partial charge in [-0.3, -0.25) is 0 Å². The summed E-state index contributed by atoms with van der Waals surface area (Å²) in [5.41, 5.74) is 1.18. The van der Waals surface area contributed by atoms with Crippen molar-refractivity contribution in [3.8, 4) is 0 Å². The van der Waals surface area contributed by atoms with Gasteiger partial charge in [0.25, 0.3) is 0 Å². The molecule has 0 aliphatic heterocycles. The summed E-state index contributed by atoms with van der Waals surface area (Å²) in [6, 6.07) is 6.46. The van der Waals surface area contributed by atoms with Gasteiger partial charge in [0.1, 0.15) is 6.33 Å². The Bertz CT molecular complexity index is 501. The fourth-order valence-electron chi connectivity index (χ4n) is 1.19. The van der Waals surface area contributed by atoms with Crippen LogP contribution in [0, 0.1) is 0 Å². The van der Waals surface area contributed by atoms with Crippen molar-refractivity contribution in [3.05, 3.63) is 48.0 Å². The predicted molar refractivity (Wildman–Crippen MR) is 66.1 cm³/mol. The van der Waals surface area contributed by atoms with E-state index in [4.69, 9.17) is 11.6 Å². The van der Waals surface area contributed by atoms with Gasteiger partial charge in [0, 0.05) is 10.7 Å². The van der Waals surface area contributed by atoms with Crippen LogP contribution in [-0.4, -0.2) is 16.0 Å². The third kappa shape index (κ3) is 3.42. The number of rotatable bonds is 2. The van der Waals surface area contributed by atoms with E-state index in [1.54, 1.807) is 24.3 Å². The summed E-state index contributed by atoms with van der Waals surface area (Å²) >= 11 is 5.73. The third-order valence-electron chi connectivity index (χ3n) is 1.92. The van der Waals surface area contributed by atoms with Crippen LogP contribution in [0.3, 0.4) is 0 Å².